The van der Waals surface area contributed by atoms with Gasteiger partial charge in [-0.15, -0.1) is 0 Å². The van der Waals surface area contributed by atoms with E-state index in [0.717, 1.165) is 45.8 Å². The molecular weight excluding hydrogens is 604 g/mol. The minimum atomic E-state index is -1.02. The summed E-state index contributed by atoms with van der Waals surface area (Å²) in [4.78, 5) is 43.8. The van der Waals surface area contributed by atoms with Gasteiger partial charge in [0.1, 0.15) is 5.82 Å². The number of anilines is 2. The minimum absolute atomic E-state index is 0.0559. The van der Waals surface area contributed by atoms with Gasteiger partial charge in [0.15, 0.2) is 11.8 Å². The van der Waals surface area contributed by atoms with Gasteiger partial charge in [0.25, 0.3) is 0 Å². The van der Waals surface area contributed by atoms with E-state index in [0.29, 0.717) is 52.7 Å². The fourth-order valence-corrected chi connectivity index (χ4v) is 7.66. The number of oxazole rings is 1. The van der Waals surface area contributed by atoms with Gasteiger partial charge in [-0.2, -0.15) is 0 Å². The Morgan fingerprint density at radius 1 is 1.22 bits per heavy atom. The number of H-pyrrole nitrogens is 1. The smallest absolute Gasteiger partial charge is 0.407 e. The molecule has 238 valence electrons. The van der Waals surface area contributed by atoms with E-state index in [2.05, 4.69) is 30.3 Å². The van der Waals surface area contributed by atoms with E-state index in [4.69, 9.17) is 26.0 Å². The molecule has 3 unspecified atom stereocenters. The molecule has 0 bridgehead atoms. The number of amides is 1. The van der Waals surface area contributed by atoms with Crippen molar-refractivity contribution in [3.8, 4) is 11.3 Å². The average molecular weight is 641 g/mol. The number of aliphatic hydroxyl groups is 1. The number of rotatable bonds is 4. The molecule has 4 aromatic rings. The van der Waals surface area contributed by atoms with Gasteiger partial charge in [-0.1, -0.05) is 38.1 Å². The number of halogens is 1. The number of carbonyl (C=O) groups excluding carboxylic acids is 1. The Balaban J connectivity index is 1.49. The zero-order valence-corrected chi connectivity index (χ0v) is 27.4. The summed E-state index contributed by atoms with van der Waals surface area (Å²) in [5.41, 5.74) is 8.01. The molecule has 0 saturated carbocycles. The van der Waals surface area contributed by atoms with Gasteiger partial charge >= 0.3 is 5.76 Å². The van der Waals surface area contributed by atoms with E-state index >= 15 is 0 Å². The van der Waals surface area contributed by atoms with Crippen molar-refractivity contribution in [1.82, 2.24) is 24.8 Å². The third-order valence-corrected chi connectivity index (χ3v) is 9.90. The van der Waals surface area contributed by atoms with Crippen LogP contribution in [-0.2, 0) is 4.79 Å². The molecule has 3 atom stereocenters. The van der Waals surface area contributed by atoms with Crippen molar-refractivity contribution in [3.05, 3.63) is 86.6 Å². The van der Waals surface area contributed by atoms with Crippen LogP contribution in [0.4, 0.5) is 11.5 Å². The number of hydrogen-bond donors (Lipinski definition) is 2. The normalized spacial score (nSPS) is 21.0. The summed E-state index contributed by atoms with van der Waals surface area (Å²) >= 11 is 7.15. The van der Waals surface area contributed by atoms with E-state index in [1.165, 1.54) is 6.08 Å². The minimum Gasteiger partial charge on any atom is -0.407 e. The summed E-state index contributed by atoms with van der Waals surface area (Å²) in [6.07, 6.45) is 3.57. The Kier molecular flexibility index (Phi) is 7.32. The highest BCUT2D eigenvalue weighted by molar-refractivity contribution is 6.33. The molecule has 2 N–H and O–H groups in total. The third kappa shape index (κ3) is 4.57. The fraction of sp³-hybridized carbons (Fsp3) is 0.371. The first kappa shape index (κ1) is 30.3. The SMILES string of the molecule is C=CC(=O)N1CC2CCC3=C(c4cc(Cl)c(-c5c(C)ccc6[nH]c(=O)oc56)nc4N(c4c(C)ccnc4C(C)C)C3O)N2CC1C. The number of carbonyl (C=O) groups is 1. The fourth-order valence-electron chi connectivity index (χ4n) is 7.41. The number of piperazine rings is 1. The Bertz CT molecular complexity index is 2010. The first-order valence-corrected chi connectivity index (χ1v) is 16.1. The molecule has 0 spiro atoms. The number of nitrogens with one attached hydrogen (secondary N) is 1. The van der Waals surface area contributed by atoms with Crippen molar-refractivity contribution >= 4 is 45.8 Å². The number of aromatic amines is 1. The van der Waals surface area contributed by atoms with Gasteiger partial charge in [0.05, 0.1) is 33.3 Å². The Morgan fingerprint density at radius 2 is 2.00 bits per heavy atom. The maximum absolute atomic E-state index is 12.7. The molecule has 46 heavy (non-hydrogen) atoms. The van der Waals surface area contributed by atoms with Crippen LogP contribution in [0.15, 0.2) is 57.9 Å². The molecule has 1 fully saturated rings. The topological polar surface area (TPSA) is 119 Å². The zero-order chi connectivity index (χ0) is 32.6. The predicted octanol–water partition coefficient (Wildman–Crippen LogP) is 6.03. The van der Waals surface area contributed by atoms with Gasteiger partial charge in [-0.25, -0.2) is 9.78 Å². The number of fused-ring (bicyclic) bond motifs is 5. The number of pyridine rings is 2. The van der Waals surface area contributed by atoms with E-state index in [-0.39, 0.29) is 23.9 Å². The number of aliphatic hydroxyl groups excluding tert-OH is 1. The summed E-state index contributed by atoms with van der Waals surface area (Å²) in [6.45, 7) is 15.0. The molecule has 0 aliphatic carbocycles. The maximum atomic E-state index is 12.7. The number of aryl methyl sites for hydroxylation is 2. The van der Waals surface area contributed by atoms with E-state index in [1.807, 2.05) is 48.8 Å². The lowest BCUT2D eigenvalue weighted by Crippen LogP contribution is -2.60. The summed E-state index contributed by atoms with van der Waals surface area (Å²) < 4.78 is 5.60. The molecule has 7 rings (SSSR count). The van der Waals surface area contributed by atoms with Crippen molar-refractivity contribution in [2.75, 3.05) is 18.0 Å². The highest BCUT2D eigenvalue weighted by Crippen LogP contribution is 2.51. The van der Waals surface area contributed by atoms with Crippen molar-refractivity contribution < 1.29 is 14.3 Å². The Hall–Kier alpha value is -4.41. The zero-order valence-electron chi connectivity index (χ0n) is 26.6. The maximum Gasteiger partial charge on any atom is 0.417 e. The summed E-state index contributed by atoms with van der Waals surface area (Å²) in [5, 5.41) is 12.8. The van der Waals surface area contributed by atoms with Gasteiger partial charge < -0.3 is 19.3 Å². The number of aromatic nitrogens is 3. The molecule has 1 aromatic carbocycles. The monoisotopic (exact) mass is 640 g/mol. The Morgan fingerprint density at radius 3 is 2.74 bits per heavy atom. The molecule has 11 heteroatoms. The number of benzene rings is 1. The van der Waals surface area contributed by atoms with E-state index in [1.54, 1.807) is 12.3 Å². The van der Waals surface area contributed by atoms with Crippen LogP contribution in [0.5, 0.6) is 0 Å². The van der Waals surface area contributed by atoms with Gasteiger partial charge in [0.2, 0.25) is 5.91 Å². The largest absolute Gasteiger partial charge is 0.417 e. The van der Waals surface area contributed by atoms with Crippen LogP contribution in [0.2, 0.25) is 5.02 Å². The van der Waals surface area contributed by atoms with Crippen LogP contribution < -0.4 is 10.7 Å². The van der Waals surface area contributed by atoms with Crippen LogP contribution in [0, 0.1) is 13.8 Å². The van der Waals surface area contributed by atoms with Crippen LogP contribution in [0.1, 0.15) is 61.9 Å². The lowest BCUT2D eigenvalue weighted by molar-refractivity contribution is -0.131. The van der Waals surface area contributed by atoms with Crippen LogP contribution in [0.25, 0.3) is 28.1 Å². The van der Waals surface area contributed by atoms with Crippen molar-refractivity contribution in [3.63, 3.8) is 0 Å². The summed E-state index contributed by atoms with van der Waals surface area (Å²) in [6, 6.07) is 7.55. The predicted molar refractivity (Wildman–Crippen MR) is 179 cm³/mol. The molecule has 3 aliphatic rings. The van der Waals surface area contributed by atoms with Gasteiger partial charge in [-0.05, 0) is 74.9 Å². The molecule has 6 heterocycles. The highest BCUT2D eigenvalue weighted by atomic mass is 35.5. The number of hydrogen-bond acceptors (Lipinski definition) is 8. The Labute approximate surface area is 272 Å². The van der Waals surface area contributed by atoms with Crippen molar-refractivity contribution in [2.45, 2.75) is 71.7 Å². The van der Waals surface area contributed by atoms with Crippen molar-refractivity contribution in [2.24, 2.45) is 0 Å². The second kappa shape index (κ2) is 11.1. The van der Waals surface area contributed by atoms with Gasteiger partial charge in [-0.3, -0.25) is 19.7 Å². The van der Waals surface area contributed by atoms with Crippen LogP contribution >= 0.6 is 11.6 Å². The lowest BCUT2D eigenvalue weighted by atomic mass is 9.85. The summed E-state index contributed by atoms with van der Waals surface area (Å²) in [5.74, 6) is -0.0294. The second-order valence-corrected chi connectivity index (χ2v) is 13.3. The van der Waals surface area contributed by atoms with E-state index in [9.17, 15) is 14.7 Å². The first-order chi connectivity index (χ1) is 22.0. The third-order valence-electron chi connectivity index (χ3n) is 9.61. The molecule has 3 aliphatic heterocycles. The van der Waals surface area contributed by atoms with Crippen molar-refractivity contribution in [1.29, 1.82) is 0 Å². The van der Waals surface area contributed by atoms with Gasteiger partial charge in [0, 0.05) is 48.1 Å². The first-order valence-electron chi connectivity index (χ1n) is 15.7. The average Bonchev–Trinajstić information content (AvgIpc) is 3.41. The molecule has 3 aromatic heterocycles. The molecular formula is C35H37ClN6O4. The number of nitrogens with zero attached hydrogens (tertiary/aromatic N) is 5. The lowest BCUT2D eigenvalue weighted by Gasteiger charge is -2.52. The molecule has 1 amide bonds. The standard InChI is InChI=1S/C35H37ClN6O4/c1-7-26(43)40-16-21-9-10-22-31(41(21)15-20(40)6)23-14-24(36)29(27-18(4)8-11-25-32(27)46-35(45)38-25)39-33(23)42(34(22)44)30-19(5)12-13-37-28(30)17(2)3/h7-8,11-14,17,20-21,34,44H,1,9-10,15-16H2,2-6H3,(H,38,45). The summed E-state index contributed by atoms with van der Waals surface area (Å²) in [7, 11) is 0. The molecule has 10 nitrogen and oxygen atoms in total. The van der Waals surface area contributed by atoms with E-state index < -0.39 is 12.0 Å². The van der Waals surface area contributed by atoms with Crippen LogP contribution in [-0.4, -0.2) is 67.2 Å². The van der Waals surface area contributed by atoms with Crippen LogP contribution in [0.3, 0.4) is 0 Å². The molecule has 0 radical (unpaired) electrons. The highest BCUT2D eigenvalue weighted by Gasteiger charge is 2.45. The second-order valence-electron chi connectivity index (χ2n) is 12.9. The quantitative estimate of drug-likeness (QED) is 0.260. The molecule has 1 saturated heterocycles.